The molecule has 1 aromatic carbocycles. The molecule has 0 spiro atoms. The molecule has 3 heterocycles. The van der Waals surface area contributed by atoms with Crippen LogP contribution in [0.25, 0.3) is 17.3 Å². The lowest BCUT2D eigenvalue weighted by atomic mass is 10.1. The zero-order valence-corrected chi connectivity index (χ0v) is 16.4. The number of hydrogen-bond donors (Lipinski definition) is 1. The number of ether oxygens (including phenoxy) is 1. The fourth-order valence-electron chi connectivity index (χ4n) is 2.93. The summed E-state index contributed by atoms with van der Waals surface area (Å²) in [6, 6.07) is 7.11. The van der Waals surface area contributed by atoms with Crippen LogP contribution in [0.15, 0.2) is 47.1 Å². The van der Waals surface area contributed by atoms with Crippen molar-refractivity contribution in [1.29, 1.82) is 0 Å². The predicted octanol–water partition coefficient (Wildman–Crippen LogP) is 4.41. The Hall–Kier alpha value is -3.89. The second-order valence-corrected chi connectivity index (χ2v) is 6.57. The third-order valence-electron chi connectivity index (χ3n) is 4.45. The maximum Gasteiger partial charge on any atom is 0.573 e. The standard InChI is InChI=1S/C20H16F3N5O3/c1-3-12-4-5-13(8-16(12)31-20(21,22)23)18(29)26-14-6-7-15(25-9-14)19-27-28-11(2)24-10-17(28)30-19/h4-10H,3H2,1-2H3,(H,26,29). The van der Waals surface area contributed by atoms with Gasteiger partial charge in [-0.15, -0.1) is 18.3 Å². The van der Waals surface area contributed by atoms with Gasteiger partial charge in [-0.2, -0.15) is 4.52 Å². The molecule has 160 valence electrons. The summed E-state index contributed by atoms with van der Waals surface area (Å²) in [6.07, 6.45) is -1.59. The summed E-state index contributed by atoms with van der Waals surface area (Å²) in [5.41, 5.74) is 1.62. The molecule has 8 nitrogen and oxygen atoms in total. The van der Waals surface area contributed by atoms with Crippen LogP contribution in [-0.4, -0.2) is 31.9 Å². The molecule has 0 saturated heterocycles. The molecule has 3 aromatic heterocycles. The number of carbonyl (C=O) groups is 1. The molecule has 0 saturated carbocycles. The first kappa shape index (κ1) is 20.4. The van der Waals surface area contributed by atoms with E-state index in [1.165, 1.54) is 22.8 Å². The number of aryl methyl sites for hydroxylation is 2. The first-order valence-electron chi connectivity index (χ1n) is 9.21. The van der Waals surface area contributed by atoms with E-state index in [9.17, 15) is 18.0 Å². The van der Waals surface area contributed by atoms with Crippen LogP contribution in [-0.2, 0) is 6.42 Å². The molecule has 0 unspecified atom stereocenters. The van der Waals surface area contributed by atoms with E-state index in [1.807, 2.05) is 0 Å². The average molecular weight is 431 g/mol. The van der Waals surface area contributed by atoms with Crippen molar-refractivity contribution in [2.24, 2.45) is 0 Å². The zero-order valence-electron chi connectivity index (χ0n) is 16.4. The third kappa shape index (κ3) is 4.34. The van der Waals surface area contributed by atoms with Crippen LogP contribution in [0, 0.1) is 6.92 Å². The molecule has 11 heteroatoms. The number of carbonyl (C=O) groups excluding carboxylic acids is 1. The number of anilines is 1. The summed E-state index contributed by atoms with van der Waals surface area (Å²) >= 11 is 0. The fourth-order valence-corrected chi connectivity index (χ4v) is 2.93. The summed E-state index contributed by atoms with van der Waals surface area (Å²) in [4.78, 5) is 20.8. The molecule has 1 amide bonds. The van der Waals surface area contributed by atoms with Gasteiger partial charge in [-0.25, -0.2) is 9.97 Å². The number of rotatable bonds is 5. The van der Waals surface area contributed by atoms with Gasteiger partial charge in [-0.05, 0) is 43.2 Å². The number of halogens is 3. The van der Waals surface area contributed by atoms with Crippen LogP contribution in [0.1, 0.15) is 28.7 Å². The van der Waals surface area contributed by atoms with E-state index in [2.05, 4.69) is 25.1 Å². The van der Waals surface area contributed by atoms with E-state index in [0.29, 0.717) is 34.9 Å². The van der Waals surface area contributed by atoms with Crippen LogP contribution >= 0.6 is 0 Å². The fraction of sp³-hybridized carbons (Fsp3) is 0.200. The van der Waals surface area contributed by atoms with Crippen LogP contribution in [0.5, 0.6) is 5.75 Å². The first-order valence-corrected chi connectivity index (χ1v) is 9.21. The summed E-state index contributed by atoms with van der Waals surface area (Å²) < 4.78 is 49.1. The number of alkyl halides is 3. The number of fused-ring (bicyclic) bond motifs is 1. The van der Waals surface area contributed by atoms with Crippen molar-refractivity contribution in [3.05, 3.63) is 59.7 Å². The molecule has 31 heavy (non-hydrogen) atoms. The van der Waals surface area contributed by atoms with Crippen LogP contribution in [0.3, 0.4) is 0 Å². The number of hydrogen-bond acceptors (Lipinski definition) is 6. The molecular formula is C20H16F3N5O3. The minimum absolute atomic E-state index is 0.0198. The smallest absolute Gasteiger partial charge is 0.415 e. The number of amides is 1. The lowest BCUT2D eigenvalue weighted by Crippen LogP contribution is -2.19. The Morgan fingerprint density at radius 3 is 2.65 bits per heavy atom. The minimum Gasteiger partial charge on any atom is -0.415 e. The summed E-state index contributed by atoms with van der Waals surface area (Å²) in [5, 5.41) is 6.86. The Morgan fingerprint density at radius 1 is 1.19 bits per heavy atom. The van der Waals surface area contributed by atoms with Crippen molar-refractivity contribution in [1.82, 2.24) is 19.6 Å². The van der Waals surface area contributed by atoms with E-state index in [-0.39, 0.29) is 11.5 Å². The van der Waals surface area contributed by atoms with Crippen molar-refractivity contribution in [3.8, 4) is 17.3 Å². The molecule has 0 atom stereocenters. The molecule has 0 radical (unpaired) electrons. The number of benzene rings is 1. The van der Waals surface area contributed by atoms with Crippen molar-refractivity contribution in [2.75, 3.05) is 5.32 Å². The summed E-state index contributed by atoms with van der Waals surface area (Å²) in [5.74, 6) is -0.0585. The van der Waals surface area contributed by atoms with E-state index in [0.717, 1.165) is 6.07 Å². The molecule has 0 aliphatic carbocycles. The monoisotopic (exact) mass is 431 g/mol. The largest absolute Gasteiger partial charge is 0.573 e. The molecule has 4 rings (SSSR count). The quantitative estimate of drug-likeness (QED) is 0.503. The summed E-state index contributed by atoms with van der Waals surface area (Å²) in [7, 11) is 0. The minimum atomic E-state index is -4.85. The van der Waals surface area contributed by atoms with Gasteiger partial charge in [0, 0.05) is 5.56 Å². The number of imidazole rings is 1. The van der Waals surface area contributed by atoms with Gasteiger partial charge in [0.05, 0.1) is 18.1 Å². The maximum atomic E-state index is 12.6. The Kier molecular flexibility index (Phi) is 5.09. The van der Waals surface area contributed by atoms with Crippen molar-refractivity contribution in [2.45, 2.75) is 26.6 Å². The molecule has 0 fully saturated rings. The van der Waals surface area contributed by atoms with Crippen LogP contribution in [0.2, 0.25) is 0 Å². The highest BCUT2D eigenvalue weighted by molar-refractivity contribution is 6.04. The van der Waals surface area contributed by atoms with Gasteiger partial charge in [-0.3, -0.25) is 4.79 Å². The van der Waals surface area contributed by atoms with E-state index >= 15 is 0 Å². The number of nitrogens with zero attached hydrogens (tertiary/aromatic N) is 4. The molecule has 4 aromatic rings. The Balaban J connectivity index is 1.51. The number of aromatic nitrogens is 4. The van der Waals surface area contributed by atoms with E-state index in [1.54, 1.807) is 32.2 Å². The van der Waals surface area contributed by atoms with Crippen molar-refractivity contribution >= 4 is 17.3 Å². The number of pyridine rings is 1. The molecule has 0 aliphatic heterocycles. The van der Waals surface area contributed by atoms with Crippen LogP contribution < -0.4 is 10.1 Å². The first-order chi connectivity index (χ1) is 14.7. The van der Waals surface area contributed by atoms with E-state index < -0.39 is 18.0 Å². The highest BCUT2D eigenvalue weighted by Crippen LogP contribution is 2.28. The maximum absolute atomic E-state index is 12.6. The predicted molar refractivity (Wildman–Crippen MR) is 104 cm³/mol. The third-order valence-corrected chi connectivity index (χ3v) is 4.45. The van der Waals surface area contributed by atoms with Gasteiger partial charge in [0.15, 0.2) is 0 Å². The molecule has 1 N–H and O–H groups in total. The molecule has 0 bridgehead atoms. The highest BCUT2D eigenvalue weighted by atomic mass is 19.4. The average Bonchev–Trinajstić information content (AvgIpc) is 3.29. The van der Waals surface area contributed by atoms with E-state index in [4.69, 9.17) is 4.42 Å². The molecule has 0 aliphatic rings. The van der Waals surface area contributed by atoms with Gasteiger partial charge in [0.2, 0.25) is 5.71 Å². The number of nitrogens with one attached hydrogen (secondary N) is 1. The zero-order chi connectivity index (χ0) is 22.2. The summed E-state index contributed by atoms with van der Waals surface area (Å²) in [6.45, 7) is 3.47. The molecular weight excluding hydrogens is 415 g/mol. The second kappa shape index (κ2) is 7.74. The van der Waals surface area contributed by atoms with Gasteiger partial charge in [0.25, 0.3) is 11.8 Å². The second-order valence-electron chi connectivity index (χ2n) is 6.57. The Labute approximate surface area is 173 Å². The Morgan fingerprint density at radius 2 is 2.00 bits per heavy atom. The van der Waals surface area contributed by atoms with Crippen molar-refractivity contribution < 1.29 is 27.1 Å². The van der Waals surface area contributed by atoms with Gasteiger partial charge in [0.1, 0.15) is 17.3 Å². The van der Waals surface area contributed by atoms with Gasteiger partial charge >= 0.3 is 6.36 Å². The van der Waals surface area contributed by atoms with Gasteiger partial charge < -0.3 is 14.5 Å². The SMILES string of the molecule is CCc1ccc(C(=O)Nc2ccc(-c3nn4c(C)ncc4o3)nc2)cc1OC(F)(F)F. The highest BCUT2D eigenvalue weighted by Gasteiger charge is 2.32. The van der Waals surface area contributed by atoms with Crippen molar-refractivity contribution in [3.63, 3.8) is 0 Å². The lowest BCUT2D eigenvalue weighted by Gasteiger charge is -2.14. The normalized spacial score (nSPS) is 11.6. The topological polar surface area (TPSA) is 94.6 Å². The lowest BCUT2D eigenvalue weighted by molar-refractivity contribution is -0.274. The van der Waals surface area contributed by atoms with Crippen LogP contribution in [0.4, 0.5) is 18.9 Å². The van der Waals surface area contributed by atoms with Gasteiger partial charge in [-0.1, -0.05) is 13.0 Å². The Bertz CT molecular complexity index is 1250.